The minimum absolute atomic E-state index is 0.0614. The number of nitrogens with two attached hydrogens (primary N) is 1. The summed E-state index contributed by atoms with van der Waals surface area (Å²) in [7, 11) is 0. The van der Waals surface area contributed by atoms with E-state index in [1.54, 1.807) is 0 Å². The maximum atomic E-state index is 6.39. The molecule has 1 atom stereocenters. The average molecular weight is 290 g/mol. The Labute approximate surface area is 129 Å². The zero-order valence-electron chi connectivity index (χ0n) is 14.1. The predicted octanol–water partition coefficient (Wildman–Crippen LogP) is 3.09. The van der Waals surface area contributed by atoms with Gasteiger partial charge in [0.05, 0.1) is 12.2 Å². The molecule has 0 saturated carbocycles. The Morgan fingerprint density at radius 3 is 2.38 bits per heavy atom. The highest BCUT2D eigenvalue weighted by atomic mass is 16.5. The van der Waals surface area contributed by atoms with Gasteiger partial charge >= 0.3 is 0 Å². The van der Waals surface area contributed by atoms with Gasteiger partial charge in [-0.25, -0.2) is 0 Å². The minimum Gasteiger partial charge on any atom is -0.373 e. The van der Waals surface area contributed by atoms with Gasteiger partial charge in [0.2, 0.25) is 0 Å². The standard InChI is InChI=1S/C18H30N2O/c1-17(2,3)15-8-6-14(7-9-15)16(19)12-20-10-11-21-18(4,5)13-20/h6-9,16H,10-13,19H2,1-5H3. The van der Waals surface area contributed by atoms with E-state index in [0.29, 0.717) is 0 Å². The van der Waals surface area contributed by atoms with Crippen molar-refractivity contribution in [2.75, 3.05) is 26.2 Å². The number of ether oxygens (including phenoxy) is 1. The lowest BCUT2D eigenvalue weighted by atomic mass is 9.86. The van der Waals surface area contributed by atoms with Crippen molar-refractivity contribution in [3.8, 4) is 0 Å². The van der Waals surface area contributed by atoms with Gasteiger partial charge < -0.3 is 10.5 Å². The van der Waals surface area contributed by atoms with Crippen LogP contribution in [0.15, 0.2) is 24.3 Å². The second-order valence-corrected chi connectivity index (χ2v) is 7.82. The number of hydrogen-bond donors (Lipinski definition) is 1. The molecule has 2 N–H and O–H groups in total. The zero-order valence-corrected chi connectivity index (χ0v) is 14.1. The summed E-state index contributed by atoms with van der Waals surface area (Å²) in [6.07, 6.45) is 0. The van der Waals surface area contributed by atoms with Gasteiger partial charge in [-0.2, -0.15) is 0 Å². The van der Waals surface area contributed by atoms with Gasteiger partial charge in [-0.3, -0.25) is 4.90 Å². The molecule has 1 heterocycles. The topological polar surface area (TPSA) is 38.5 Å². The molecule has 21 heavy (non-hydrogen) atoms. The highest BCUT2D eigenvalue weighted by Crippen LogP contribution is 2.24. The predicted molar refractivity (Wildman–Crippen MR) is 88.5 cm³/mol. The van der Waals surface area contributed by atoms with Crippen molar-refractivity contribution in [2.24, 2.45) is 5.73 Å². The van der Waals surface area contributed by atoms with Crippen LogP contribution < -0.4 is 5.73 Å². The molecule has 1 aromatic rings. The summed E-state index contributed by atoms with van der Waals surface area (Å²) in [5.41, 5.74) is 9.09. The van der Waals surface area contributed by atoms with Gasteiger partial charge in [-0.1, -0.05) is 45.0 Å². The van der Waals surface area contributed by atoms with Gasteiger partial charge in [-0.05, 0) is 30.4 Å². The molecular weight excluding hydrogens is 260 g/mol. The van der Waals surface area contributed by atoms with Gasteiger partial charge in [0.1, 0.15) is 0 Å². The highest BCUT2D eigenvalue weighted by Gasteiger charge is 2.28. The average Bonchev–Trinajstić information content (AvgIpc) is 2.36. The van der Waals surface area contributed by atoms with E-state index in [4.69, 9.17) is 10.5 Å². The SMILES string of the molecule is CC1(C)CN(CC(N)c2ccc(C(C)(C)C)cc2)CCO1. The molecule has 118 valence electrons. The Hall–Kier alpha value is -0.900. The molecule has 0 bridgehead atoms. The minimum atomic E-state index is -0.0614. The zero-order chi connectivity index (χ0) is 15.7. The number of hydrogen-bond acceptors (Lipinski definition) is 3. The third-order valence-electron chi connectivity index (χ3n) is 4.16. The van der Waals surface area contributed by atoms with Gasteiger partial charge in [0.25, 0.3) is 0 Å². The van der Waals surface area contributed by atoms with E-state index in [2.05, 4.69) is 63.8 Å². The lowest BCUT2D eigenvalue weighted by molar-refractivity contribution is -0.0869. The van der Waals surface area contributed by atoms with Crippen LogP contribution in [0.3, 0.4) is 0 Å². The van der Waals surface area contributed by atoms with Crippen LogP contribution in [0.2, 0.25) is 0 Å². The Balaban J connectivity index is 1.98. The fourth-order valence-corrected chi connectivity index (χ4v) is 2.88. The molecule has 1 saturated heterocycles. The first-order valence-corrected chi connectivity index (χ1v) is 7.90. The molecule has 0 amide bonds. The maximum Gasteiger partial charge on any atom is 0.0753 e. The first kappa shape index (κ1) is 16.5. The molecule has 1 aliphatic heterocycles. The number of rotatable bonds is 3. The lowest BCUT2D eigenvalue weighted by Gasteiger charge is -2.39. The van der Waals surface area contributed by atoms with Crippen LogP contribution in [0.1, 0.15) is 51.8 Å². The van der Waals surface area contributed by atoms with Crippen LogP contribution in [0.25, 0.3) is 0 Å². The monoisotopic (exact) mass is 290 g/mol. The van der Waals surface area contributed by atoms with Crippen molar-refractivity contribution in [3.05, 3.63) is 35.4 Å². The molecule has 2 rings (SSSR count). The molecule has 3 heteroatoms. The van der Waals surface area contributed by atoms with Gasteiger partial charge in [-0.15, -0.1) is 0 Å². The van der Waals surface area contributed by atoms with E-state index in [-0.39, 0.29) is 17.1 Å². The number of benzene rings is 1. The second kappa shape index (κ2) is 6.07. The van der Waals surface area contributed by atoms with Crippen molar-refractivity contribution in [1.82, 2.24) is 4.90 Å². The summed E-state index contributed by atoms with van der Waals surface area (Å²) in [4.78, 5) is 2.41. The van der Waals surface area contributed by atoms with E-state index >= 15 is 0 Å². The summed E-state index contributed by atoms with van der Waals surface area (Å²) in [5, 5.41) is 0. The fraction of sp³-hybridized carbons (Fsp3) is 0.667. The molecule has 0 aromatic heterocycles. The second-order valence-electron chi connectivity index (χ2n) is 7.82. The van der Waals surface area contributed by atoms with Crippen molar-refractivity contribution in [3.63, 3.8) is 0 Å². The third-order valence-corrected chi connectivity index (χ3v) is 4.16. The molecule has 1 aromatic carbocycles. The molecule has 1 aliphatic rings. The Kier molecular flexibility index (Phi) is 4.76. The van der Waals surface area contributed by atoms with Crippen LogP contribution in [0.5, 0.6) is 0 Å². The third kappa shape index (κ3) is 4.53. The summed E-state index contributed by atoms with van der Waals surface area (Å²) in [5.74, 6) is 0. The number of nitrogens with zero attached hydrogens (tertiary/aromatic N) is 1. The molecule has 1 fully saturated rings. The smallest absolute Gasteiger partial charge is 0.0753 e. The Morgan fingerprint density at radius 1 is 1.24 bits per heavy atom. The molecule has 1 unspecified atom stereocenters. The van der Waals surface area contributed by atoms with Crippen LogP contribution in [0.4, 0.5) is 0 Å². The van der Waals surface area contributed by atoms with Gasteiger partial charge in [0, 0.05) is 25.7 Å². The lowest BCUT2D eigenvalue weighted by Crippen LogP contribution is -2.50. The van der Waals surface area contributed by atoms with Crippen LogP contribution in [-0.4, -0.2) is 36.7 Å². The van der Waals surface area contributed by atoms with E-state index in [1.165, 1.54) is 11.1 Å². The molecule has 0 aliphatic carbocycles. The fourth-order valence-electron chi connectivity index (χ4n) is 2.88. The highest BCUT2D eigenvalue weighted by molar-refractivity contribution is 5.29. The summed E-state index contributed by atoms with van der Waals surface area (Å²) in [6, 6.07) is 8.83. The summed E-state index contributed by atoms with van der Waals surface area (Å²) in [6.45, 7) is 14.6. The van der Waals surface area contributed by atoms with Crippen molar-refractivity contribution in [2.45, 2.75) is 51.7 Å². The van der Waals surface area contributed by atoms with E-state index in [0.717, 1.165) is 26.2 Å². The first-order valence-electron chi connectivity index (χ1n) is 7.90. The first-order chi connectivity index (χ1) is 9.67. The van der Waals surface area contributed by atoms with E-state index < -0.39 is 0 Å². The Bertz CT molecular complexity index is 459. The van der Waals surface area contributed by atoms with Crippen molar-refractivity contribution < 1.29 is 4.74 Å². The summed E-state index contributed by atoms with van der Waals surface area (Å²) < 4.78 is 5.75. The van der Waals surface area contributed by atoms with Crippen molar-refractivity contribution in [1.29, 1.82) is 0 Å². The molecule has 0 radical (unpaired) electrons. The van der Waals surface area contributed by atoms with Crippen LogP contribution in [-0.2, 0) is 10.2 Å². The summed E-state index contributed by atoms with van der Waals surface area (Å²) >= 11 is 0. The largest absolute Gasteiger partial charge is 0.373 e. The molecule has 3 nitrogen and oxygen atoms in total. The maximum absolute atomic E-state index is 6.39. The van der Waals surface area contributed by atoms with Crippen molar-refractivity contribution >= 4 is 0 Å². The van der Waals surface area contributed by atoms with Crippen LogP contribution in [0, 0.1) is 0 Å². The van der Waals surface area contributed by atoms with Crippen LogP contribution >= 0.6 is 0 Å². The molecular formula is C18H30N2O. The van der Waals surface area contributed by atoms with E-state index in [9.17, 15) is 0 Å². The molecule has 0 spiro atoms. The normalized spacial score (nSPS) is 21.2. The number of morpholine rings is 1. The van der Waals surface area contributed by atoms with Gasteiger partial charge in [0.15, 0.2) is 0 Å². The quantitative estimate of drug-likeness (QED) is 0.929. The Morgan fingerprint density at radius 2 is 1.86 bits per heavy atom. The van der Waals surface area contributed by atoms with E-state index in [1.807, 2.05) is 0 Å².